The molecule has 118 valence electrons. The van der Waals surface area contributed by atoms with E-state index in [1.807, 2.05) is 0 Å². The molecule has 0 aromatic heterocycles. The maximum Gasteiger partial charge on any atom is 0.241 e. The molecule has 3 nitrogen and oxygen atoms in total. The van der Waals surface area contributed by atoms with Gasteiger partial charge >= 0.3 is 0 Å². The number of amides is 1. The molecular weight excluding hydrogens is 248 g/mol. The number of hydrogen-bond donors (Lipinski definition) is 1. The van der Waals surface area contributed by atoms with Gasteiger partial charge in [-0.1, -0.05) is 60.3 Å². The van der Waals surface area contributed by atoms with Crippen LogP contribution in [0.4, 0.5) is 0 Å². The Morgan fingerprint density at radius 2 is 1.90 bits per heavy atom. The number of nitrogens with one attached hydrogen (secondary N) is 1. The summed E-state index contributed by atoms with van der Waals surface area (Å²) in [5.41, 5.74) is 0. The molecule has 3 unspecified atom stereocenters. The summed E-state index contributed by atoms with van der Waals surface area (Å²) >= 11 is 0. The van der Waals surface area contributed by atoms with Crippen molar-refractivity contribution in [3.63, 3.8) is 0 Å². The third-order valence-corrected chi connectivity index (χ3v) is 4.50. The number of rotatable bonds is 9. The first-order chi connectivity index (χ1) is 9.54. The van der Waals surface area contributed by atoms with Crippen molar-refractivity contribution in [1.82, 2.24) is 10.2 Å². The zero-order chi connectivity index (χ0) is 15.1. The molecular formula is C17H34N2O. The van der Waals surface area contributed by atoms with Crippen molar-refractivity contribution < 1.29 is 4.79 Å². The topological polar surface area (TPSA) is 32.3 Å². The van der Waals surface area contributed by atoms with Crippen LogP contribution in [0.5, 0.6) is 0 Å². The predicted molar refractivity (Wildman–Crippen MR) is 85.5 cm³/mol. The molecule has 1 saturated heterocycles. The van der Waals surface area contributed by atoms with E-state index < -0.39 is 0 Å². The summed E-state index contributed by atoms with van der Waals surface area (Å²) in [4.78, 5) is 14.7. The van der Waals surface area contributed by atoms with Gasteiger partial charge in [0.15, 0.2) is 0 Å². The Bertz CT molecular complexity index is 291. The normalized spacial score (nSPS) is 24.7. The Labute approximate surface area is 125 Å². The van der Waals surface area contributed by atoms with Gasteiger partial charge in [-0.05, 0) is 24.7 Å². The van der Waals surface area contributed by atoms with Crippen LogP contribution in [0, 0.1) is 11.8 Å². The minimum absolute atomic E-state index is 0.0519. The summed E-state index contributed by atoms with van der Waals surface area (Å²) in [6.07, 6.45) is 7.20. The number of hydrogen-bond acceptors (Lipinski definition) is 2. The van der Waals surface area contributed by atoms with Gasteiger partial charge in [0.25, 0.3) is 0 Å². The molecule has 1 aliphatic heterocycles. The van der Waals surface area contributed by atoms with E-state index in [1.165, 1.54) is 25.7 Å². The molecule has 1 fully saturated rings. The lowest BCUT2D eigenvalue weighted by Gasteiger charge is -2.30. The largest absolute Gasteiger partial charge is 0.325 e. The lowest BCUT2D eigenvalue weighted by molar-refractivity contribution is -0.131. The van der Waals surface area contributed by atoms with E-state index in [0.717, 1.165) is 19.4 Å². The van der Waals surface area contributed by atoms with E-state index in [0.29, 0.717) is 17.7 Å². The summed E-state index contributed by atoms with van der Waals surface area (Å²) in [5.74, 6) is 1.47. The zero-order valence-electron chi connectivity index (χ0n) is 14.1. The predicted octanol–water partition coefficient (Wildman–Crippen LogP) is 3.79. The molecule has 20 heavy (non-hydrogen) atoms. The van der Waals surface area contributed by atoms with Crippen LogP contribution in [0.15, 0.2) is 0 Å². The van der Waals surface area contributed by atoms with Gasteiger partial charge in [-0.2, -0.15) is 0 Å². The van der Waals surface area contributed by atoms with Gasteiger partial charge in [0.05, 0.1) is 12.2 Å². The zero-order valence-corrected chi connectivity index (χ0v) is 14.1. The summed E-state index contributed by atoms with van der Waals surface area (Å²) in [7, 11) is 0. The second-order valence-corrected chi connectivity index (χ2v) is 6.60. The van der Waals surface area contributed by atoms with Gasteiger partial charge < -0.3 is 4.90 Å². The van der Waals surface area contributed by atoms with E-state index in [2.05, 4.69) is 44.8 Å². The van der Waals surface area contributed by atoms with Crippen LogP contribution in [0.2, 0.25) is 0 Å². The van der Waals surface area contributed by atoms with E-state index in [1.54, 1.807) is 0 Å². The Balaban J connectivity index is 2.69. The van der Waals surface area contributed by atoms with Gasteiger partial charge in [-0.3, -0.25) is 10.1 Å². The fourth-order valence-electron chi connectivity index (χ4n) is 3.15. The van der Waals surface area contributed by atoms with Crippen molar-refractivity contribution in [2.45, 2.75) is 85.4 Å². The van der Waals surface area contributed by atoms with Gasteiger partial charge in [-0.25, -0.2) is 0 Å². The highest BCUT2D eigenvalue weighted by molar-refractivity contribution is 5.84. The van der Waals surface area contributed by atoms with E-state index >= 15 is 0 Å². The molecule has 1 rings (SSSR count). The van der Waals surface area contributed by atoms with E-state index in [9.17, 15) is 4.79 Å². The van der Waals surface area contributed by atoms with Crippen molar-refractivity contribution in [3.05, 3.63) is 0 Å². The molecule has 0 spiro atoms. The molecule has 0 bridgehead atoms. The maximum absolute atomic E-state index is 12.6. The van der Waals surface area contributed by atoms with Gasteiger partial charge in [0.1, 0.15) is 0 Å². The standard InChI is InChI=1S/C17H34N2O/c1-6-9-11-14(8-3)12-19-16(13(4)5)18-15(10-7-2)17(19)20/h13-16,18H,6-12H2,1-5H3. The quantitative estimate of drug-likeness (QED) is 0.698. The van der Waals surface area contributed by atoms with Crippen LogP contribution in [-0.2, 0) is 4.79 Å². The Morgan fingerprint density at radius 1 is 1.20 bits per heavy atom. The minimum atomic E-state index is 0.0519. The lowest BCUT2D eigenvalue weighted by Crippen LogP contribution is -2.43. The van der Waals surface area contributed by atoms with Gasteiger partial charge in [0.2, 0.25) is 5.91 Å². The number of carbonyl (C=O) groups is 1. The first kappa shape index (κ1) is 17.5. The second kappa shape index (κ2) is 8.66. The fourth-order valence-corrected chi connectivity index (χ4v) is 3.15. The summed E-state index contributed by atoms with van der Waals surface area (Å²) < 4.78 is 0. The van der Waals surface area contributed by atoms with Crippen molar-refractivity contribution in [2.75, 3.05) is 6.54 Å². The second-order valence-electron chi connectivity index (χ2n) is 6.60. The van der Waals surface area contributed by atoms with Crippen molar-refractivity contribution in [3.8, 4) is 0 Å². The van der Waals surface area contributed by atoms with Gasteiger partial charge in [-0.15, -0.1) is 0 Å². The monoisotopic (exact) mass is 282 g/mol. The lowest BCUT2D eigenvalue weighted by atomic mass is 9.98. The molecule has 3 heteroatoms. The average Bonchev–Trinajstić information content (AvgIpc) is 2.73. The molecule has 1 N–H and O–H groups in total. The van der Waals surface area contributed by atoms with Crippen LogP contribution < -0.4 is 5.32 Å². The van der Waals surface area contributed by atoms with E-state index in [-0.39, 0.29) is 12.2 Å². The molecule has 0 aromatic carbocycles. The summed E-state index contributed by atoms with van der Waals surface area (Å²) in [6, 6.07) is 0.0519. The molecule has 1 aliphatic rings. The average molecular weight is 282 g/mol. The number of unbranched alkanes of at least 4 members (excludes halogenated alkanes) is 1. The molecule has 1 amide bonds. The highest BCUT2D eigenvalue weighted by atomic mass is 16.2. The van der Waals surface area contributed by atoms with Crippen LogP contribution in [0.25, 0.3) is 0 Å². The third kappa shape index (κ3) is 4.47. The van der Waals surface area contributed by atoms with Crippen molar-refractivity contribution in [2.24, 2.45) is 11.8 Å². The van der Waals surface area contributed by atoms with Crippen molar-refractivity contribution in [1.29, 1.82) is 0 Å². The van der Waals surface area contributed by atoms with Crippen LogP contribution in [-0.4, -0.2) is 29.6 Å². The highest BCUT2D eigenvalue weighted by Gasteiger charge is 2.39. The first-order valence-corrected chi connectivity index (χ1v) is 8.61. The SMILES string of the molecule is CCCCC(CC)CN1C(=O)C(CCC)NC1C(C)C. The summed E-state index contributed by atoms with van der Waals surface area (Å²) in [5, 5.41) is 3.55. The van der Waals surface area contributed by atoms with Crippen LogP contribution >= 0.6 is 0 Å². The Morgan fingerprint density at radius 3 is 2.40 bits per heavy atom. The molecule has 0 aromatic rings. The maximum atomic E-state index is 12.6. The molecule has 1 heterocycles. The number of nitrogens with zero attached hydrogens (tertiary/aromatic N) is 1. The number of carbonyl (C=O) groups excluding carboxylic acids is 1. The van der Waals surface area contributed by atoms with Crippen LogP contribution in [0.3, 0.4) is 0 Å². The third-order valence-electron chi connectivity index (χ3n) is 4.50. The Hall–Kier alpha value is -0.570. The molecule has 0 radical (unpaired) electrons. The Kier molecular flexibility index (Phi) is 7.57. The fraction of sp³-hybridized carbons (Fsp3) is 0.941. The van der Waals surface area contributed by atoms with Crippen molar-refractivity contribution >= 4 is 5.91 Å². The molecule has 3 atom stereocenters. The molecule has 0 aliphatic carbocycles. The first-order valence-electron chi connectivity index (χ1n) is 8.61. The minimum Gasteiger partial charge on any atom is -0.325 e. The smallest absolute Gasteiger partial charge is 0.241 e. The molecule has 0 saturated carbocycles. The highest BCUT2D eigenvalue weighted by Crippen LogP contribution is 2.24. The summed E-state index contributed by atoms with van der Waals surface area (Å²) in [6.45, 7) is 12.0. The van der Waals surface area contributed by atoms with Gasteiger partial charge in [0, 0.05) is 6.54 Å². The van der Waals surface area contributed by atoms with Crippen LogP contribution in [0.1, 0.15) is 73.1 Å². The van der Waals surface area contributed by atoms with E-state index in [4.69, 9.17) is 0 Å².